The number of carboxylic acid groups (broad SMARTS) is 1. The van der Waals surface area contributed by atoms with E-state index in [0.717, 1.165) is 31.4 Å². The Kier molecular flexibility index (Phi) is 2.82. The molecule has 0 saturated heterocycles. The molecule has 1 aromatic carbocycles. The molecule has 3 nitrogen and oxygen atoms in total. The minimum atomic E-state index is -0.592. The van der Waals surface area contributed by atoms with E-state index in [9.17, 15) is 9.90 Å². The number of hydrogen-bond donors (Lipinski definition) is 1. The zero-order chi connectivity index (χ0) is 14.6. The van der Waals surface area contributed by atoms with E-state index in [4.69, 9.17) is 4.74 Å². The highest BCUT2D eigenvalue weighted by molar-refractivity contribution is 5.76. The molecule has 0 spiro atoms. The van der Waals surface area contributed by atoms with E-state index in [-0.39, 0.29) is 6.10 Å². The van der Waals surface area contributed by atoms with Crippen LogP contribution in [0, 0.1) is 24.2 Å². The average Bonchev–Trinajstić information content (AvgIpc) is 3.11. The Morgan fingerprint density at radius 2 is 2.29 bits per heavy atom. The van der Waals surface area contributed by atoms with Crippen LogP contribution in [0.4, 0.5) is 0 Å². The summed E-state index contributed by atoms with van der Waals surface area (Å²) in [5.41, 5.74) is 1.96. The summed E-state index contributed by atoms with van der Waals surface area (Å²) in [5, 5.41) is 9.85. The van der Waals surface area contributed by atoms with E-state index in [1.807, 2.05) is 6.07 Å². The summed E-state index contributed by atoms with van der Waals surface area (Å²) >= 11 is 0. The minimum absolute atomic E-state index is 0.0391. The van der Waals surface area contributed by atoms with Gasteiger partial charge in [0.2, 0.25) is 0 Å². The summed E-state index contributed by atoms with van der Waals surface area (Å²) in [4.78, 5) is 12.0. The lowest BCUT2D eigenvalue weighted by atomic mass is 9.69. The Balaban J connectivity index is 1.55. The largest absolute Gasteiger partial charge is 0.490 e. The van der Waals surface area contributed by atoms with Gasteiger partial charge in [-0.15, -0.1) is 0 Å². The quantitative estimate of drug-likeness (QED) is 0.923. The lowest BCUT2D eigenvalue weighted by Gasteiger charge is -2.35. The first kappa shape index (κ1) is 13.2. The van der Waals surface area contributed by atoms with Gasteiger partial charge < -0.3 is 9.84 Å². The van der Waals surface area contributed by atoms with Crippen LogP contribution in [0.3, 0.4) is 0 Å². The number of aryl methyl sites for hydroxylation is 1. The van der Waals surface area contributed by atoms with E-state index in [1.165, 1.54) is 17.5 Å². The number of rotatable bonds is 3. The van der Waals surface area contributed by atoms with Gasteiger partial charge in [-0.05, 0) is 49.7 Å². The van der Waals surface area contributed by atoms with Crippen LogP contribution in [0.15, 0.2) is 18.2 Å². The molecule has 2 fully saturated rings. The molecule has 21 heavy (non-hydrogen) atoms. The highest BCUT2D eigenvalue weighted by Crippen LogP contribution is 2.58. The van der Waals surface area contributed by atoms with Gasteiger partial charge in [0, 0.05) is 12.8 Å². The summed E-state index contributed by atoms with van der Waals surface area (Å²) in [7, 11) is 0. The van der Waals surface area contributed by atoms with Crippen molar-refractivity contribution in [1.82, 2.24) is 0 Å². The second kappa shape index (κ2) is 4.49. The molecule has 4 atom stereocenters. The van der Waals surface area contributed by atoms with Gasteiger partial charge in [0.05, 0.1) is 5.41 Å². The average molecular weight is 286 g/mol. The molecule has 4 rings (SSSR count). The predicted molar refractivity (Wildman–Crippen MR) is 79.4 cm³/mol. The molecule has 2 aliphatic carbocycles. The van der Waals surface area contributed by atoms with E-state index in [0.29, 0.717) is 18.3 Å². The maximum atomic E-state index is 12.0. The maximum Gasteiger partial charge on any atom is 0.310 e. The van der Waals surface area contributed by atoms with Crippen molar-refractivity contribution in [3.05, 3.63) is 29.3 Å². The zero-order valence-corrected chi connectivity index (χ0v) is 12.5. The van der Waals surface area contributed by atoms with Crippen LogP contribution in [0.1, 0.15) is 43.2 Å². The number of benzene rings is 1. The SMILES string of the molecule is Cc1ccc2c(c1)CC(CC1(C(=O)O)CC3CCC1C3)O2. The lowest BCUT2D eigenvalue weighted by molar-refractivity contribution is -0.154. The standard InChI is InChI=1S/C18H22O3/c1-11-2-5-16-13(6-11)8-15(21-16)10-18(17(19)20)9-12-3-4-14(18)7-12/h2,5-6,12,14-15H,3-4,7-10H2,1H3,(H,19,20). The Morgan fingerprint density at radius 1 is 1.43 bits per heavy atom. The van der Waals surface area contributed by atoms with Crippen molar-refractivity contribution < 1.29 is 14.6 Å². The predicted octanol–water partition coefficient (Wildman–Crippen LogP) is 3.58. The molecular formula is C18H22O3. The van der Waals surface area contributed by atoms with Crippen molar-refractivity contribution in [2.75, 3.05) is 0 Å². The van der Waals surface area contributed by atoms with Crippen molar-refractivity contribution >= 4 is 5.97 Å². The van der Waals surface area contributed by atoms with E-state index in [2.05, 4.69) is 19.1 Å². The molecule has 0 radical (unpaired) electrons. The third-order valence-corrected chi connectivity index (χ3v) is 5.95. The molecule has 1 aliphatic heterocycles. The monoisotopic (exact) mass is 286 g/mol. The molecule has 1 aromatic rings. The summed E-state index contributed by atoms with van der Waals surface area (Å²) in [6, 6.07) is 6.26. The van der Waals surface area contributed by atoms with Crippen molar-refractivity contribution in [1.29, 1.82) is 0 Å². The van der Waals surface area contributed by atoms with Crippen molar-refractivity contribution in [2.45, 2.75) is 51.6 Å². The number of carbonyl (C=O) groups is 1. The fourth-order valence-electron chi connectivity index (χ4n) is 5.01. The van der Waals surface area contributed by atoms with Crippen molar-refractivity contribution in [2.24, 2.45) is 17.3 Å². The summed E-state index contributed by atoms with van der Waals surface area (Å²) in [6.45, 7) is 2.09. The Hall–Kier alpha value is -1.51. The Morgan fingerprint density at radius 3 is 2.95 bits per heavy atom. The van der Waals surface area contributed by atoms with Crippen LogP contribution in [-0.4, -0.2) is 17.2 Å². The third-order valence-electron chi connectivity index (χ3n) is 5.95. The van der Waals surface area contributed by atoms with Gasteiger partial charge in [0.25, 0.3) is 0 Å². The molecular weight excluding hydrogens is 264 g/mol. The molecule has 2 saturated carbocycles. The number of hydrogen-bond acceptors (Lipinski definition) is 2. The number of fused-ring (bicyclic) bond motifs is 3. The first-order chi connectivity index (χ1) is 10.1. The van der Waals surface area contributed by atoms with Gasteiger partial charge >= 0.3 is 5.97 Å². The number of aliphatic carboxylic acids is 1. The molecule has 0 aromatic heterocycles. The molecule has 1 heterocycles. The highest BCUT2D eigenvalue weighted by Gasteiger charge is 2.57. The van der Waals surface area contributed by atoms with Crippen LogP contribution in [0.2, 0.25) is 0 Å². The number of carboxylic acids is 1. The normalized spacial score (nSPS) is 36.5. The van der Waals surface area contributed by atoms with Gasteiger partial charge in [0.15, 0.2) is 0 Å². The summed E-state index contributed by atoms with van der Waals surface area (Å²) in [5.74, 6) is 1.37. The van der Waals surface area contributed by atoms with Crippen LogP contribution >= 0.6 is 0 Å². The minimum Gasteiger partial charge on any atom is -0.490 e. The van der Waals surface area contributed by atoms with Gasteiger partial charge in [-0.2, -0.15) is 0 Å². The van der Waals surface area contributed by atoms with Gasteiger partial charge in [-0.1, -0.05) is 24.1 Å². The molecule has 0 amide bonds. The molecule has 112 valence electrons. The third kappa shape index (κ3) is 1.97. The molecule has 3 heteroatoms. The first-order valence-electron chi connectivity index (χ1n) is 8.06. The zero-order valence-electron chi connectivity index (χ0n) is 12.5. The van der Waals surface area contributed by atoms with Gasteiger partial charge in [-0.25, -0.2) is 0 Å². The summed E-state index contributed by atoms with van der Waals surface area (Å²) in [6.07, 6.45) is 5.88. The first-order valence-corrected chi connectivity index (χ1v) is 8.06. The van der Waals surface area contributed by atoms with Crippen molar-refractivity contribution in [3.8, 4) is 5.75 Å². The van der Waals surface area contributed by atoms with Crippen LogP contribution < -0.4 is 4.74 Å². The fraction of sp³-hybridized carbons (Fsp3) is 0.611. The molecule has 1 N–H and O–H groups in total. The van der Waals surface area contributed by atoms with Gasteiger partial charge in [0.1, 0.15) is 11.9 Å². The van der Waals surface area contributed by atoms with Crippen LogP contribution in [0.5, 0.6) is 5.75 Å². The Bertz CT molecular complexity index is 594. The lowest BCUT2D eigenvalue weighted by Crippen LogP contribution is -2.40. The molecule has 2 bridgehead atoms. The fourth-order valence-corrected chi connectivity index (χ4v) is 5.01. The van der Waals surface area contributed by atoms with Crippen molar-refractivity contribution in [3.63, 3.8) is 0 Å². The van der Waals surface area contributed by atoms with Gasteiger partial charge in [-0.3, -0.25) is 4.79 Å². The second-order valence-corrected chi connectivity index (χ2v) is 7.30. The molecule has 4 unspecified atom stereocenters. The molecule has 3 aliphatic rings. The number of ether oxygens (including phenoxy) is 1. The van der Waals surface area contributed by atoms with Crippen LogP contribution in [0.25, 0.3) is 0 Å². The summed E-state index contributed by atoms with van der Waals surface area (Å²) < 4.78 is 6.04. The van der Waals surface area contributed by atoms with E-state index in [1.54, 1.807) is 0 Å². The van der Waals surface area contributed by atoms with E-state index >= 15 is 0 Å². The Labute approximate surface area is 125 Å². The van der Waals surface area contributed by atoms with E-state index < -0.39 is 11.4 Å². The topological polar surface area (TPSA) is 46.5 Å². The smallest absolute Gasteiger partial charge is 0.310 e. The highest BCUT2D eigenvalue weighted by atomic mass is 16.5. The van der Waals surface area contributed by atoms with Crippen LogP contribution in [-0.2, 0) is 11.2 Å². The maximum absolute atomic E-state index is 12.0. The second-order valence-electron chi connectivity index (χ2n) is 7.30.